The number of aromatic nitrogens is 5. The third-order valence-electron chi connectivity index (χ3n) is 4.34. The Hall–Kier alpha value is -3.92. The van der Waals surface area contributed by atoms with Crippen LogP contribution in [-0.2, 0) is 6.54 Å². The van der Waals surface area contributed by atoms with Crippen molar-refractivity contribution >= 4 is 11.3 Å². The van der Waals surface area contributed by atoms with Crippen LogP contribution in [0.2, 0.25) is 0 Å². The molecule has 8 nitrogen and oxygen atoms in total. The van der Waals surface area contributed by atoms with Crippen LogP contribution in [0.25, 0.3) is 34.3 Å². The highest BCUT2D eigenvalue weighted by atomic mass is 32.1. The highest BCUT2D eigenvalue weighted by molar-refractivity contribution is 7.08. The molecule has 0 saturated carbocycles. The van der Waals surface area contributed by atoms with Gasteiger partial charge in [0.25, 0.3) is 17.3 Å². The standard InChI is InChI=1S/C20H12FN5O3S/c21-15-6-2-1-4-13(15)18-22-16(24-28-18)10-26-8-3-5-14(20(26)27)19-23-17(25-29-19)12-7-9-30-11-12/h1-9,11H,10H2. The molecule has 1 aromatic carbocycles. The molecule has 0 bridgehead atoms. The van der Waals surface area contributed by atoms with Gasteiger partial charge in [-0.25, -0.2) is 4.39 Å². The summed E-state index contributed by atoms with van der Waals surface area (Å²) >= 11 is 1.51. The summed E-state index contributed by atoms with van der Waals surface area (Å²) in [5, 5.41) is 11.6. The maximum atomic E-state index is 13.9. The quantitative estimate of drug-likeness (QED) is 0.425. The van der Waals surface area contributed by atoms with E-state index in [1.54, 1.807) is 36.5 Å². The van der Waals surface area contributed by atoms with Gasteiger partial charge in [0.2, 0.25) is 5.82 Å². The molecule has 0 saturated heterocycles. The van der Waals surface area contributed by atoms with E-state index >= 15 is 0 Å². The molecular formula is C20H12FN5O3S. The van der Waals surface area contributed by atoms with E-state index in [0.29, 0.717) is 5.82 Å². The smallest absolute Gasteiger partial charge is 0.263 e. The van der Waals surface area contributed by atoms with Gasteiger partial charge in [-0.2, -0.15) is 21.3 Å². The molecule has 0 radical (unpaired) electrons. The molecule has 30 heavy (non-hydrogen) atoms. The second kappa shape index (κ2) is 7.48. The lowest BCUT2D eigenvalue weighted by Gasteiger charge is -2.03. The number of pyridine rings is 1. The lowest BCUT2D eigenvalue weighted by molar-refractivity contribution is 0.417. The van der Waals surface area contributed by atoms with E-state index < -0.39 is 5.82 Å². The predicted octanol–water partition coefficient (Wildman–Crippen LogP) is 3.86. The molecule has 0 spiro atoms. The van der Waals surface area contributed by atoms with Gasteiger partial charge in [-0.05, 0) is 35.7 Å². The fourth-order valence-electron chi connectivity index (χ4n) is 2.88. The molecule has 148 valence electrons. The fourth-order valence-corrected chi connectivity index (χ4v) is 3.51. The van der Waals surface area contributed by atoms with Gasteiger partial charge in [-0.1, -0.05) is 22.4 Å². The van der Waals surface area contributed by atoms with Crippen molar-refractivity contribution in [1.82, 2.24) is 24.8 Å². The normalized spacial score (nSPS) is 11.1. The first-order valence-electron chi connectivity index (χ1n) is 8.82. The summed E-state index contributed by atoms with van der Waals surface area (Å²) in [5.41, 5.74) is 0.919. The molecule has 0 unspecified atom stereocenters. The zero-order valence-electron chi connectivity index (χ0n) is 15.2. The van der Waals surface area contributed by atoms with E-state index in [9.17, 15) is 9.18 Å². The van der Waals surface area contributed by atoms with Crippen molar-refractivity contribution in [1.29, 1.82) is 0 Å². The third kappa shape index (κ3) is 3.33. The zero-order chi connectivity index (χ0) is 20.5. The average molecular weight is 421 g/mol. The molecule has 4 heterocycles. The Morgan fingerprint density at radius 1 is 0.967 bits per heavy atom. The molecular weight excluding hydrogens is 409 g/mol. The highest BCUT2D eigenvalue weighted by Crippen LogP contribution is 2.23. The van der Waals surface area contributed by atoms with Gasteiger partial charge in [-0.3, -0.25) is 4.79 Å². The maximum Gasteiger partial charge on any atom is 0.263 e. The molecule has 4 aromatic heterocycles. The average Bonchev–Trinajstić information content (AvgIpc) is 3.51. The minimum absolute atomic E-state index is 0.0378. The Labute approximate surface area is 172 Å². The van der Waals surface area contributed by atoms with E-state index in [1.165, 1.54) is 22.0 Å². The molecule has 5 aromatic rings. The SMILES string of the molecule is O=c1c(-c2nc(-c3ccsc3)no2)cccn1Cc1noc(-c2ccccc2F)n1. The van der Waals surface area contributed by atoms with Crippen LogP contribution in [0.3, 0.4) is 0 Å². The van der Waals surface area contributed by atoms with Crippen molar-refractivity contribution in [3.05, 3.63) is 81.4 Å². The molecule has 0 atom stereocenters. The Balaban J connectivity index is 1.43. The third-order valence-corrected chi connectivity index (χ3v) is 5.02. The summed E-state index contributed by atoms with van der Waals surface area (Å²) < 4.78 is 25.7. The summed E-state index contributed by atoms with van der Waals surface area (Å²) in [6, 6.07) is 11.2. The minimum Gasteiger partial charge on any atom is -0.334 e. The number of hydrogen-bond donors (Lipinski definition) is 0. The lowest BCUT2D eigenvalue weighted by Crippen LogP contribution is -2.22. The minimum atomic E-state index is -0.468. The monoisotopic (exact) mass is 421 g/mol. The van der Waals surface area contributed by atoms with Gasteiger partial charge in [-0.15, -0.1) is 0 Å². The predicted molar refractivity (Wildman–Crippen MR) is 106 cm³/mol. The first kappa shape index (κ1) is 18.1. The summed E-state index contributed by atoms with van der Waals surface area (Å²) in [7, 11) is 0. The van der Waals surface area contributed by atoms with Crippen molar-refractivity contribution in [3.8, 4) is 34.3 Å². The molecule has 0 aliphatic carbocycles. The largest absolute Gasteiger partial charge is 0.334 e. The van der Waals surface area contributed by atoms with Crippen molar-refractivity contribution in [2.24, 2.45) is 0 Å². The number of rotatable bonds is 5. The molecule has 0 N–H and O–H groups in total. The van der Waals surface area contributed by atoms with Crippen LogP contribution in [-0.4, -0.2) is 24.8 Å². The molecule has 0 amide bonds. The maximum absolute atomic E-state index is 13.9. The molecule has 0 aliphatic rings. The van der Waals surface area contributed by atoms with Crippen LogP contribution in [0, 0.1) is 5.82 Å². The van der Waals surface area contributed by atoms with Gasteiger partial charge >= 0.3 is 0 Å². The molecule has 0 fully saturated rings. The van der Waals surface area contributed by atoms with Crippen molar-refractivity contribution < 1.29 is 13.4 Å². The highest BCUT2D eigenvalue weighted by Gasteiger charge is 2.17. The Morgan fingerprint density at radius 2 is 1.77 bits per heavy atom. The summed E-state index contributed by atoms with van der Waals surface area (Å²) in [4.78, 5) is 21.4. The van der Waals surface area contributed by atoms with Crippen LogP contribution < -0.4 is 5.56 Å². The zero-order valence-corrected chi connectivity index (χ0v) is 16.0. The molecule has 5 rings (SSSR count). The summed E-state index contributed by atoms with van der Waals surface area (Å²) in [6.45, 7) is 0.0378. The Kier molecular flexibility index (Phi) is 4.52. The number of halogens is 1. The Morgan fingerprint density at radius 3 is 2.60 bits per heavy atom. The van der Waals surface area contributed by atoms with Crippen LogP contribution in [0.4, 0.5) is 4.39 Å². The number of nitrogens with zero attached hydrogens (tertiary/aromatic N) is 5. The fraction of sp³-hybridized carbons (Fsp3) is 0.0500. The van der Waals surface area contributed by atoms with Gasteiger partial charge in [0.1, 0.15) is 11.4 Å². The number of thiophene rings is 1. The second-order valence-electron chi connectivity index (χ2n) is 6.29. The topological polar surface area (TPSA) is 99.8 Å². The van der Waals surface area contributed by atoms with Crippen molar-refractivity contribution in [3.63, 3.8) is 0 Å². The molecule has 0 aliphatic heterocycles. The summed E-state index contributed by atoms with van der Waals surface area (Å²) in [6.07, 6.45) is 1.58. The van der Waals surface area contributed by atoms with E-state index in [1.807, 2.05) is 16.8 Å². The van der Waals surface area contributed by atoms with Crippen LogP contribution in [0.15, 0.2) is 73.3 Å². The van der Waals surface area contributed by atoms with E-state index in [0.717, 1.165) is 5.56 Å². The van der Waals surface area contributed by atoms with E-state index in [-0.39, 0.29) is 40.8 Å². The summed E-state index contributed by atoms with van der Waals surface area (Å²) in [5.74, 6) is 0.343. The lowest BCUT2D eigenvalue weighted by atomic mass is 10.2. The van der Waals surface area contributed by atoms with Crippen molar-refractivity contribution in [2.75, 3.05) is 0 Å². The van der Waals surface area contributed by atoms with E-state index in [2.05, 4.69) is 20.3 Å². The van der Waals surface area contributed by atoms with Crippen LogP contribution in [0.5, 0.6) is 0 Å². The number of hydrogen-bond acceptors (Lipinski definition) is 8. The van der Waals surface area contributed by atoms with E-state index in [4.69, 9.17) is 9.05 Å². The van der Waals surface area contributed by atoms with Gasteiger partial charge in [0.15, 0.2) is 5.82 Å². The number of benzene rings is 1. The van der Waals surface area contributed by atoms with Gasteiger partial charge in [0, 0.05) is 17.1 Å². The van der Waals surface area contributed by atoms with Gasteiger partial charge < -0.3 is 13.6 Å². The first-order valence-corrected chi connectivity index (χ1v) is 9.77. The Bertz CT molecular complexity index is 1370. The first-order chi connectivity index (χ1) is 14.7. The van der Waals surface area contributed by atoms with Gasteiger partial charge in [0.05, 0.1) is 12.1 Å². The van der Waals surface area contributed by atoms with Crippen molar-refractivity contribution in [2.45, 2.75) is 6.54 Å². The van der Waals surface area contributed by atoms with Crippen LogP contribution in [0.1, 0.15) is 5.82 Å². The second-order valence-corrected chi connectivity index (χ2v) is 7.07. The molecule has 10 heteroatoms. The van der Waals surface area contributed by atoms with Crippen LogP contribution >= 0.6 is 11.3 Å².